The summed E-state index contributed by atoms with van der Waals surface area (Å²) >= 11 is 0. The van der Waals surface area contributed by atoms with Crippen LogP contribution in [0.4, 0.5) is 5.69 Å². The third-order valence-corrected chi connectivity index (χ3v) is 3.82. The van der Waals surface area contributed by atoms with Crippen LogP contribution in [0.5, 0.6) is 5.75 Å². The molecule has 1 saturated heterocycles. The summed E-state index contributed by atoms with van der Waals surface area (Å²) in [4.78, 5) is 37.9. The van der Waals surface area contributed by atoms with E-state index in [1.54, 1.807) is 52.1 Å². The zero-order valence-corrected chi connectivity index (χ0v) is 15.1. The SMILES string of the molecule is COC(=O)C1C(=O)N(c2ccc(OC)cc2)C1CC(=O)OC(C)(C)C. The van der Waals surface area contributed by atoms with Crippen molar-refractivity contribution in [2.75, 3.05) is 19.1 Å². The van der Waals surface area contributed by atoms with Crippen molar-refractivity contribution in [3.05, 3.63) is 24.3 Å². The molecule has 0 N–H and O–H groups in total. The average Bonchev–Trinajstić information content (AvgIpc) is 2.53. The lowest BCUT2D eigenvalue weighted by Gasteiger charge is -2.45. The van der Waals surface area contributed by atoms with Gasteiger partial charge in [-0.25, -0.2) is 0 Å². The maximum Gasteiger partial charge on any atom is 0.320 e. The number of β-lactam (4-membered cyclic amide) rings is 1. The standard InChI is InChI=1S/C18H23NO6/c1-18(2,3)25-14(20)10-13-15(17(22)24-5)16(21)19(13)11-6-8-12(23-4)9-7-11/h6-9,13,15H,10H2,1-5H3. The third-order valence-electron chi connectivity index (χ3n) is 3.82. The van der Waals surface area contributed by atoms with Gasteiger partial charge in [0.25, 0.3) is 0 Å². The molecule has 2 unspecified atom stereocenters. The molecule has 0 bridgehead atoms. The second-order valence-corrected chi connectivity index (χ2v) is 6.77. The van der Waals surface area contributed by atoms with Gasteiger partial charge in [-0.15, -0.1) is 0 Å². The van der Waals surface area contributed by atoms with Gasteiger partial charge in [0.05, 0.1) is 26.7 Å². The normalized spacial score (nSPS) is 19.9. The van der Waals surface area contributed by atoms with Crippen LogP contribution in [0.2, 0.25) is 0 Å². The molecule has 1 aliphatic rings. The number of methoxy groups -OCH3 is 2. The number of benzene rings is 1. The van der Waals surface area contributed by atoms with E-state index in [0.717, 1.165) is 0 Å². The van der Waals surface area contributed by atoms with Crippen molar-refractivity contribution in [2.24, 2.45) is 5.92 Å². The summed E-state index contributed by atoms with van der Waals surface area (Å²) in [5.74, 6) is -1.88. The number of rotatable bonds is 5. The highest BCUT2D eigenvalue weighted by atomic mass is 16.6. The van der Waals surface area contributed by atoms with Crippen molar-refractivity contribution in [3.63, 3.8) is 0 Å². The van der Waals surface area contributed by atoms with E-state index in [4.69, 9.17) is 14.2 Å². The van der Waals surface area contributed by atoms with Crippen molar-refractivity contribution in [3.8, 4) is 5.75 Å². The van der Waals surface area contributed by atoms with Gasteiger partial charge in [-0.2, -0.15) is 0 Å². The van der Waals surface area contributed by atoms with Crippen LogP contribution in [-0.2, 0) is 23.9 Å². The van der Waals surface area contributed by atoms with Gasteiger partial charge >= 0.3 is 11.9 Å². The number of hydrogen-bond donors (Lipinski definition) is 0. The van der Waals surface area contributed by atoms with Crippen molar-refractivity contribution in [1.29, 1.82) is 0 Å². The summed E-state index contributed by atoms with van der Waals surface area (Å²) in [6, 6.07) is 6.18. The predicted molar refractivity (Wildman–Crippen MR) is 90.2 cm³/mol. The maximum absolute atomic E-state index is 12.4. The average molecular weight is 349 g/mol. The van der Waals surface area contributed by atoms with Crippen LogP contribution in [0.1, 0.15) is 27.2 Å². The molecular weight excluding hydrogens is 326 g/mol. The zero-order valence-electron chi connectivity index (χ0n) is 15.1. The first-order chi connectivity index (χ1) is 11.7. The molecule has 0 aromatic heterocycles. The number of esters is 2. The minimum Gasteiger partial charge on any atom is -0.497 e. The molecular formula is C18H23NO6. The lowest BCUT2D eigenvalue weighted by molar-refractivity contribution is -0.160. The Kier molecular flexibility index (Phi) is 5.35. The summed E-state index contributed by atoms with van der Waals surface area (Å²) in [6.07, 6.45) is -0.0885. The molecule has 1 heterocycles. The molecule has 2 atom stereocenters. The van der Waals surface area contributed by atoms with Gasteiger partial charge in [-0.05, 0) is 45.0 Å². The first-order valence-electron chi connectivity index (χ1n) is 7.94. The van der Waals surface area contributed by atoms with E-state index >= 15 is 0 Å². The molecule has 0 spiro atoms. The van der Waals surface area contributed by atoms with Gasteiger partial charge in [0.1, 0.15) is 11.4 Å². The van der Waals surface area contributed by atoms with Gasteiger partial charge in [0, 0.05) is 5.69 Å². The highest BCUT2D eigenvalue weighted by molar-refractivity contribution is 6.14. The van der Waals surface area contributed by atoms with E-state index in [0.29, 0.717) is 11.4 Å². The minimum absolute atomic E-state index is 0.0885. The molecule has 136 valence electrons. The Morgan fingerprint density at radius 2 is 1.72 bits per heavy atom. The number of anilines is 1. The van der Waals surface area contributed by atoms with E-state index in [-0.39, 0.29) is 6.42 Å². The Morgan fingerprint density at radius 3 is 2.20 bits per heavy atom. The van der Waals surface area contributed by atoms with Crippen LogP contribution in [0.3, 0.4) is 0 Å². The highest BCUT2D eigenvalue weighted by Crippen LogP contribution is 2.36. The van der Waals surface area contributed by atoms with Gasteiger partial charge in [0.2, 0.25) is 5.91 Å². The second kappa shape index (κ2) is 7.13. The molecule has 0 saturated carbocycles. The van der Waals surface area contributed by atoms with E-state index in [9.17, 15) is 14.4 Å². The fourth-order valence-corrected chi connectivity index (χ4v) is 2.75. The molecule has 7 nitrogen and oxygen atoms in total. The summed E-state index contributed by atoms with van der Waals surface area (Å²) in [7, 11) is 2.76. The van der Waals surface area contributed by atoms with Crippen LogP contribution in [0.25, 0.3) is 0 Å². The molecule has 0 aliphatic carbocycles. The molecule has 0 radical (unpaired) electrons. The molecule has 1 aliphatic heterocycles. The van der Waals surface area contributed by atoms with Crippen molar-refractivity contribution >= 4 is 23.5 Å². The molecule has 1 aromatic carbocycles. The monoisotopic (exact) mass is 349 g/mol. The summed E-state index contributed by atoms with van der Waals surface area (Å²) in [6.45, 7) is 5.28. The molecule has 7 heteroatoms. The number of nitrogens with zero attached hydrogens (tertiary/aromatic N) is 1. The van der Waals surface area contributed by atoms with E-state index < -0.39 is 35.4 Å². The minimum atomic E-state index is -1.00. The quantitative estimate of drug-likeness (QED) is 0.459. The molecule has 25 heavy (non-hydrogen) atoms. The lowest BCUT2D eigenvalue weighted by atomic mass is 9.84. The fourth-order valence-electron chi connectivity index (χ4n) is 2.75. The van der Waals surface area contributed by atoms with Crippen molar-refractivity contribution in [1.82, 2.24) is 0 Å². The Morgan fingerprint density at radius 1 is 1.12 bits per heavy atom. The fraction of sp³-hybridized carbons (Fsp3) is 0.500. The molecule has 1 fully saturated rings. The van der Waals surface area contributed by atoms with E-state index in [1.165, 1.54) is 12.0 Å². The van der Waals surface area contributed by atoms with Gasteiger partial charge in [-0.3, -0.25) is 14.4 Å². The number of carbonyl (C=O) groups is 3. The first-order valence-corrected chi connectivity index (χ1v) is 7.94. The molecule has 2 rings (SSSR count). The number of ether oxygens (including phenoxy) is 3. The topological polar surface area (TPSA) is 82.1 Å². The molecule has 1 amide bonds. The Hall–Kier alpha value is -2.57. The predicted octanol–water partition coefficient (Wildman–Crippen LogP) is 1.93. The maximum atomic E-state index is 12.4. The van der Waals surface area contributed by atoms with E-state index in [1.807, 2.05) is 0 Å². The van der Waals surface area contributed by atoms with Crippen LogP contribution in [-0.4, -0.2) is 43.7 Å². The Bertz CT molecular complexity index is 661. The second-order valence-electron chi connectivity index (χ2n) is 6.77. The highest BCUT2D eigenvalue weighted by Gasteiger charge is 2.54. The van der Waals surface area contributed by atoms with Gasteiger partial charge in [0.15, 0.2) is 5.92 Å². The number of hydrogen-bond acceptors (Lipinski definition) is 6. The smallest absolute Gasteiger partial charge is 0.320 e. The summed E-state index contributed by atoms with van der Waals surface area (Å²) in [5, 5.41) is 0. The van der Waals surface area contributed by atoms with Crippen molar-refractivity contribution in [2.45, 2.75) is 38.8 Å². The largest absolute Gasteiger partial charge is 0.497 e. The summed E-state index contributed by atoms with van der Waals surface area (Å²) < 4.78 is 15.1. The molecule has 1 aromatic rings. The van der Waals surface area contributed by atoms with Gasteiger partial charge < -0.3 is 19.1 Å². The van der Waals surface area contributed by atoms with Crippen LogP contribution in [0, 0.1) is 5.92 Å². The number of amides is 1. The van der Waals surface area contributed by atoms with Crippen LogP contribution in [0.15, 0.2) is 24.3 Å². The van der Waals surface area contributed by atoms with Crippen LogP contribution < -0.4 is 9.64 Å². The zero-order chi connectivity index (χ0) is 18.8. The third kappa shape index (κ3) is 4.10. The first kappa shape index (κ1) is 18.8. The van der Waals surface area contributed by atoms with Crippen LogP contribution >= 0.6 is 0 Å². The summed E-state index contributed by atoms with van der Waals surface area (Å²) in [5.41, 5.74) is -0.0594. The number of carbonyl (C=O) groups excluding carboxylic acids is 3. The van der Waals surface area contributed by atoms with E-state index in [2.05, 4.69) is 0 Å². The Balaban J connectivity index is 2.22. The van der Waals surface area contributed by atoms with Gasteiger partial charge in [-0.1, -0.05) is 0 Å². The van der Waals surface area contributed by atoms with Crippen molar-refractivity contribution < 1.29 is 28.6 Å². The lowest BCUT2D eigenvalue weighted by Crippen LogP contribution is -2.65. The Labute approximate surface area is 146 Å².